The van der Waals surface area contributed by atoms with Gasteiger partial charge in [-0.25, -0.2) is 4.99 Å². The molecule has 0 N–H and O–H groups in total. The van der Waals surface area contributed by atoms with E-state index in [4.69, 9.17) is 23.2 Å². The predicted molar refractivity (Wildman–Crippen MR) is 52.3 cm³/mol. The summed E-state index contributed by atoms with van der Waals surface area (Å²) in [5, 5.41) is 0.498. The molecule has 0 aromatic rings. The maximum absolute atomic E-state index is 11.3. The fourth-order valence-electron chi connectivity index (χ4n) is 1.17. The van der Waals surface area contributed by atoms with E-state index in [0.29, 0.717) is 10.7 Å². The van der Waals surface area contributed by atoms with Crippen LogP contribution in [0.25, 0.3) is 0 Å². The van der Waals surface area contributed by atoms with Crippen molar-refractivity contribution >= 4 is 40.1 Å². The number of hydrogen-bond acceptors (Lipinski definition) is 2. The van der Waals surface area contributed by atoms with Crippen LogP contribution in [0.1, 0.15) is 0 Å². The molecule has 0 bridgehead atoms. The average Bonchev–Trinajstić information content (AvgIpc) is 2.06. The molecule has 2 rings (SSSR count). The maximum atomic E-state index is 11.3. The highest BCUT2D eigenvalue weighted by molar-refractivity contribution is 6.67. The molecule has 13 heavy (non-hydrogen) atoms. The summed E-state index contributed by atoms with van der Waals surface area (Å²) >= 11 is 11.2. The second kappa shape index (κ2) is 3.09. The van der Waals surface area contributed by atoms with Gasteiger partial charge in [-0.2, -0.15) is 4.99 Å². The molecule has 0 aromatic carbocycles. The molecule has 3 nitrogen and oxygen atoms in total. The highest BCUT2D eigenvalue weighted by Gasteiger charge is 2.26. The van der Waals surface area contributed by atoms with Crippen LogP contribution in [-0.4, -0.2) is 16.9 Å². The quantitative estimate of drug-likeness (QED) is 0.568. The number of hydrogen-bond donors (Lipinski definition) is 0. The lowest BCUT2D eigenvalue weighted by molar-refractivity contribution is -0.118. The number of amides is 1. The summed E-state index contributed by atoms with van der Waals surface area (Å²) in [6.45, 7) is 0. The zero-order valence-electron chi connectivity index (χ0n) is 6.37. The molecular formula is C8H4Cl2N2O. The monoisotopic (exact) mass is 214 g/mol. The highest BCUT2D eigenvalue weighted by Crippen LogP contribution is 2.22. The van der Waals surface area contributed by atoms with Crippen molar-refractivity contribution in [3.05, 3.63) is 23.3 Å². The summed E-state index contributed by atoms with van der Waals surface area (Å²) in [6, 6.07) is 0. The van der Waals surface area contributed by atoms with Gasteiger partial charge >= 0.3 is 0 Å². The number of amidine groups is 1. The van der Waals surface area contributed by atoms with E-state index >= 15 is 0 Å². The Hall–Kier alpha value is -0.930. The Balaban J connectivity index is 2.44. The molecular weight excluding hydrogens is 211 g/mol. The maximum Gasteiger partial charge on any atom is 0.261 e. The van der Waals surface area contributed by atoms with Crippen LogP contribution >= 0.6 is 23.2 Å². The Morgan fingerprint density at radius 1 is 1.23 bits per heavy atom. The summed E-state index contributed by atoms with van der Waals surface area (Å²) in [6.07, 6.45) is 4.94. The van der Waals surface area contributed by atoms with Crippen molar-refractivity contribution in [2.24, 2.45) is 15.9 Å². The van der Waals surface area contributed by atoms with Crippen LogP contribution in [0.4, 0.5) is 0 Å². The first-order chi connectivity index (χ1) is 6.16. The summed E-state index contributed by atoms with van der Waals surface area (Å²) in [5.41, 5.74) is 0.592. The molecule has 0 spiro atoms. The number of halogens is 2. The molecule has 1 unspecified atom stereocenters. The molecule has 0 saturated carbocycles. The molecule has 66 valence electrons. The molecule has 1 aliphatic carbocycles. The van der Waals surface area contributed by atoms with Crippen LogP contribution < -0.4 is 0 Å². The predicted octanol–water partition coefficient (Wildman–Crippen LogP) is 1.87. The summed E-state index contributed by atoms with van der Waals surface area (Å²) < 4.78 is 0. The van der Waals surface area contributed by atoms with Gasteiger partial charge in [-0.15, -0.1) is 0 Å². The van der Waals surface area contributed by atoms with Crippen LogP contribution in [0, 0.1) is 5.92 Å². The second-order valence-corrected chi connectivity index (χ2v) is 3.39. The minimum Gasteiger partial charge on any atom is -0.271 e. The lowest BCUT2D eigenvalue weighted by atomic mass is 9.97. The average molecular weight is 215 g/mol. The Morgan fingerprint density at radius 2 is 2.00 bits per heavy atom. The fourth-order valence-corrected chi connectivity index (χ4v) is 1.54. The van der Waals surface area contributed by atoms with Crippen LogP contribution in [0.2, 0.25) is 0 Å². The van der Waals surface area contributed by atoms with Crippen molar-refractivity contribution in [2.45, 2.75) is 0 Å². The van der Waals surface area contributed by atoms with Crippen LogP contribution in [0.3, 0.4) is 0 Å². The van der Waals surface area contributed by atoms with Gasteiger partial charge in [0, 0.05) is 5.03 Å². The Kier molecular flexibility index (Phi) is 2.06. The van der Waals surface area contributed by atoms with Crippen LogP contribution in [0.5, 0.6) is 0 Å². The number of carbonyl (C=O) groups excluding carboxylic acids is 1. The molecule has 1 heterocycles. The molecule has 0 radical (unpaired) electrons. The van der Waals surface area contributed by atoms with Gasteiger partial charge in [0.15, 0.2) is 0 Å². The lowest BCUT2D eigenvalue weighted by Gasteiger charge is -2.16. The standard InChI is InChI=1S/C8H4Cl2N2O/c9-4-1-2-6-5(3-4)7(13)12-8(10)11-6/h1-3,5H. The van der Waals surface area contributed by atoms with E-state index in [0.717, 1.165) is 0 Å². The summed E-state index contributed by atoms with van der Waals surface area (Å²) in [7, 11) is 0. The zero-order chi connectivity index (χ0) is 9.42. The number of rotatable bonds is 0. The molecule has 5 heteroatoms. The van der Waals surface area contributed by atoms with Crippen molar-refractivity contribution < 1.29 is 4.79 Å². The highest BCUT2D eigenvalue weighted by atomic mass is 35.5. The first-order valence-electron chi connectivity index (χ1n) is 3.59. The third-order valence-electron chi connectivity index (χ3n) is 1.75. The van der Waals surface area contributed by atoms with Gasteiger partial charge in [0.1, 0.15) is 5.92 Å². The van der Waals surface area contributed by atoms with E-state index in [2.05, 4.69) is 9.98 Å². The van der Waals surface area contributed by atoms with Crippen molar-refractivity contribution in [2.75, 3.05) is 0 Å². The molecule has 0 fully saturated rings. The minimum absolute atomic E-state index is 0.0210. The first kappa shape index (κ1) is 8.66. The molecule has 2 aliphatic rings. The van der Waals surface area contributed by atoms with Crippen molar-refractivity contribution in [3.8, 4) is 0 Å². The molecule has 1 amide bonds. The topological polar surface area (TPSA) is 41.8 Å². The number of nitrogens with zero attached hydrogens (tertiary/aromatic N) is 2. The van der Waals surface area contributed by atoms with Gasteiger partial charge in [-0.1, -0.05) is 11.6 Å². The van der Waals surface area contributed by atoms with E-state index in [1.807, 2.05) is 0 Å². The summed E-state index contributed by atoms with van der Waals surface area (Å²) in [5.74, 6) is -0.780. The van der Waals surface area contributed by atoms with E-state index in [1.54, 1.807) is 18.2 Å². The van der Waals surface area contributed by atoms with Gasteiger partial charge in [0.2, 0.25) is 5.29 Å². The van der Waals surface area contributed by atoms with E-state index in [1.165, 1.54) is 0 Å². The molecule has 1 aliphatic heterocycles. The second-order valence-electron chi connectivity index (χ2n) is 2.62. The van der Waals surface area contributed by atoms with Gasteiger partial charge in [-0.3, -0.25) is 4.79 Å². The number of aliphatic imine (C=N–C) groups is 2. The number of fused-ring (bicyclic) bond motifs is 1. The van der Waals surface area contributed by atoms with E-state index in [-0.39, 0.29) is 11.2 Å². The van der Waals surface area contributed by atoms with Crippen LogP contribution in [-0.2, 0) is 4.79 Å². The molecule has 1 atom stereocenters. The van der Waals surface area contributed by atoms with Crippen LogP contribution in [0.15, 0.2) is 33.2 Å². The zero-order valence-corrected chi connectivity index (χ0v) is 7.88. The largest absolute Gasteiger partial charge is 0.271 e. The first-order valence-corrected chi connectivity index (χ1v) is 4.34. The lowest BCUT2D eigenvalue weighted by Crippen LogP contribution is -2.26. The third-order valence-corrected chi connectivity index (χ3v) is 2.17. The van der Waals surface area contributed by atoms with E-state index < -0.39 is 5.92 Å². The van der Waals surface area contributed by atoms with E-state index in [9.17, 15) is 4.79 Å². The number of carbonyl (C=O) groups is 1. The van der Waals surface area contributed by atoms with Crippen molar-refractivity contribution in [3.63, 3.8) is 0 Å². The third kappa shape index (κ3) is 1.57. The van der Waals surface area contributed by atoms with Crippen molar-refractivity contribution in [1.82, 2.24) is 0 Å². The smallest absolute Gasteiger partial charge is 0.261 e. The Morgan fingerprint density at radius 3 is 2.77 bits per heavy atom. The molecule has 0 saturated heterocycles. The van der Waals surface area contributed by atoms with Gasteiger partial charge in [-0.05, 0) is 29.8 Å². The number of allylic oxidation sites excluding steroid dienone is 3. The Labute approximate surface area is 84.5 Å². The van der Waals surface area contributed by atoms with Gasteiger partial charge < -0.3 is 0 Å². The van der Waals surface area contributed by atoms with Crippen molar-refractivity contribution in [1.29, 1.82) is 0 Å². The summed E-state index contributed by atoms with van der Waals surface area (Å²) in [4.78, 5) is 18.7. The fraction of sp³-hybridized carbons (Fsp3) is 0.125. The molecule has 0 aromatic heterocycles. The van der Waals surface area contributed by atoms with Gasteiger partial charge in [0.05, 0.1) is 5.71 Å². The van der Waals surface area contributed by atoms with Gasteiger partial charge in [0.25, 0.3) is 5.91 Å². The Bertz CT molecular complexity index is 393. The normalized spacial score (nSPS) is 26.2. The minimum atomic E-state index is -0.458. The SMILES string of the molecule is O=C1N=C(Cl)N=C2C=CC(Cl)=CC12.